The van der Waals surface area contributed by atoms with Crippen LogP contribution in [0.2, 0.25) is 5.02 Å². The van der Waals surface area contributed by atoms with Gasteiger partial charge in [0.1, 0.15) is 12.4 Å². The standard InChI is InChI=1S/C12H10ClN3O/c13-8-5-14-12(15-6-8)16-10-7-17-11-4-2-1-3-9(10)11/h1-6,10H,7H2,(H,14,15,16). The molecule has 4 nitrogen and oxygen atoms in total. The molecule has 0 saturated heterocycles. The van der Waals surface area contributed by atoms with Crippen molar-refractivity contribution >= 4 is 17.5 Å². The van der Waals surface area contributed by atoms with Crippen LogP contribution in [0.25, 0.3) is 0 Å². The third-order valence-electron chi connectivity index (χ3n) is 2.62. The molecule has 1 aromatic carbocycles. The Morgan fingerprint density at radius 1 is 1.24 bits per heavy atom. The molecule has 86 valence electrons. The van der Waals surface area contributed by atoms with Crippen molar-refractivity contribution in [3.63, 3.8) is 0 Å². The fourth-order valence-electron chi connectivity index (χ4n) is 1.82. The summed E-state index contributed by atoms with van der Waals surface area (Å²) in [4.78, 5) is 8.21. The van der Waals surface area contributed by atoms with Crippen molar-refractivity contribution in [2.24, 2.45) is 0 Å². The Labute approximate surface area is 104 Å². The van der Waals surface area contributed by atoms with Gasteiger partial charge in [-0.25, -0.2) is 9.97 Å². The molecule has 5 heteroatoms. The molecule has 1 unspecified atom stereocenters. The topological polar surface area (TPSA) is 47.0 Å². The van der Waals surface area contributed by atoms with Gasteiger partial charge in [0.15, 0.2) is 0 Å². The van der Waals surface area contributed by atoms with Gasteiger partial charge in [0.25, 0.3) is 0 Å². The van der Waals surface area contributed by atoms with Crippen LogP contribution in [0.15, 0.2) is 36.7 Å². The Hall–Kier alpha value is -1.81. The van der Waals surface area contributed by atoms with Gasteiger partial charge in [-0.1, -0.05) is 29.8 Å². The number of hydrogen-bond donors (Lipinski definition) is 1. The minimum absolute atomic E-state index is 0.0902. The summed E-state index contributed by atoms with van der Waals surface area (Å²) >= 11 is 5.73. The first-order valence-corrected chi connectivity index (χ1v) is 5.66. The Kier molecular flexibility index (Phi) is 2.57. The monoisotopic (exact) mass is 247 g/mol. The fraction of sp³-hybridized carbons (Fsp3) is 0.167. The number of benzene rings is 1. The molecule has 1 N–H and O–H groups in total. The highest BCUT2D eigenvalue weighted by Gasteiger charge is 2.23. The number of anilines is 1. The summed E-state index contributed by atoms with van der Waals surface area (Å²) in [5.74, 6) is 1.47. The molecule has 1 atom stereocenters. The van der Waals surface area contributed by atoms with Gasteiger partial charge in [-0.05, 0) is 6.07 Å². The summed E-state index contributed by atoms with van der Waals surface area (Å²) in [6.07, 6.45) is 3.14. The molecule has 2 heterocycles. The SMILES string of the molecule is Clc1cnc(NC2COc3ccccc32)nc1. The van der Waals surface area contributed by atoms with Crippen LogP contribution in [-0.2, 0) is 0 Å². The minimum Gasteiger partial charge on any atom is -0.491 e. The van der Waals surface area contributed by atoms with Crippen molar-refractivity contribution < 1.29 is 4.74 Å². The molecule has 3 rings (SSSR count). The highest BCUT2D eigenvalue weighted by molar-refractivity contribution is 6.30. The van der Waals surface area contributed by atoms with Gasteiger partial charge in [-0.3, -0.25) is 0 Å². The van der Waals surface area contributed by atoms with Gasteiger partial charge in [0.2, 0.25) is 5.95 Å². The average molecular weight is 248 g/mol. The highest BCUT2D eigenvalue weighted by Crippen LogP contribution is 2.33. The number of halogens is 1. The summed E-state index contributed by atoms with van der Waals surface area (Å²) in [5.41, 5.74) is 1.13. The average Bonchev–Trinajstić information content (AvgIpc) is 2.76. The van der Waals surface area contributed by atoms with Crippen LogP contribution in [0, 0.1) is 0 Å². The van der Waals surface area contributed by atoms with E-state index in [-0.39, 0.29) is 6.04 Å². The zero-order chi connectivity index (χ0) is 11.7. The number of rotatable bonds is 2. The van der Waals surface area contributed by atoms with E-state index in [0.717, 1.165) is 11.3 Å². The van der Waals surface area contributed by atoms with Crippen molar-refractivity contribution in [2.45, 2.75) is 6.04 Å². The fourth-order valence-corrected chi connectivity index (χ4v) is 1.92. The lowest BCUT2D eigenvalue weighted by molar-refractivity contribution is 0.339. The second-order valence-electron chi connectivity index (χ2n) is 3.77. The molecule has 1 aromatic heterocycles. The van der Waals surface area contributed by atoms with E-state index >= 15 is 0 Å². The maximum absolute atomic E-state index is 5.73. The van der Waals surface area contributed by atoms with Gasteiger partial charge in [0, 0.05) is 5.56 Å². The maximum atomic E-state index is 5.73. The summed E-state index contributed by atoms with van der Waals surface area (Å²) in [5, 5.41) is 3.74. The van der Waals surface area contributed by atoms with E-state index in [9.17, 15) is 0 Å². The second-order valence-corrected chi connectivity index (χ2v) is 4.21. The number of nitrogens with zero attached hydrogens (tertiary/aromatic N) is 2. The zero-order valence-corrected chi connectivity index (χ0v) is 9.69. The van der Waals surface area contributed by atoms with Crippen LogP contribution < -0.4 is 10.1 Å². The first-order chi connectivity index (χ1) is 8.33. The lowest BCUT2D eigenvalue weighted by atomic mass is 10.1. The van der Waals surface area contributed by atoms with Crippen LogP contribution in [0.1, 0.15) is 11.6 Å². The summed E-state index contributed by atoms with van der Waals surface area (Å²) < 4.78 is 5.56. The first-order valence-electron chi connectivity index (χ1n) is 5.29. The van der Waals surface area contributed by atoms with Crippen molar-refractivity contribution in [2.75, 3.05) is 11.9 Å². The van der Waals surface area contributed by atoms with Gasteiger partial charge in [0.05, 0.1) is 23.5 Å². The molecule has 0 fully saturated rings. The quantitative estimate of drug-likeness (QED) is 0.886. The van der Waals surface area contributed by atoms with Crippen LogP contribution in [-0.4, -0.2) is 16.6 Å². The third-order valence-corrected chi connectivity index (χ3v) is 2.82. The predicted molar refractivity (Wildman–Crippen MR) is 65.3 cm³/mol. The normalized spacial score (nSPS) is 17.4. The van der Waals surface area contributed by atoms with Crippen molar-refractivity contribution in [1.82, 2.24) is 9.97 Å². The number of ether oxygens (including phenoxy) is 1. The molecule has 1 aliphatic rings. The molecular formula is C12H10ClN3O. The molecule has 0 bridgehead atoms. The Morgan fingerprint density at radius 2 is 2.00 bits per heavy atom. The lowest BCUT2D eigenvalue weighted by Gasteiger charge is -2.10. The van der Waals surface area contributed by atoms with Crippen LogP contribution in [0.5, 0.6) is 5.75 Å². The number of aromatic nitrogens is 2. The Morgan fingerprint density at radius 3 is 2.82 bits per heavy atom. The zero-order valence-electron chi connectivity index (χ0n) is 8.93. The van der Waals surface area contributed by atoms with E-state index < -0.39 is 0 Å². The summed E-state index contributed by atoms with van der Waals surface area (Å²) in [6.45, 7) is 0.589. The molecular weight excluding hydrogens is 238 g/mol. The van der Waals surface area contributed by atoms with Crippen LogP contribution >= 0.6 is 11.6 Å². The largest absolute Gasteiger partial charge is 0.491 e. The molecule has 0 radical (unpaired) electrons. The highest BCUT2D eigenvalue weighted by atomic mass is 35.5. The van der Waals surface area contributed by atoms with Crippen LogP contribution in [0.3, 0.4) is 0 Å². The van der Waals surface area contributed by atoms with Gasteiger partial charge >= 0.3 is 0 Å². The first kappa shape index (κ1) is 10.4. The summed E-state index contributed by atoms with van der Waals surface area (Å²) in [7, 11) is 0. The number of para-hydroxylation sites is 1. The molecule has 2 aromatic rings. The van der Waals surface area contributed by atoms with E-state index in [4.69, 9.17) is 16.3 Å². The van der Waals surface area contributed by atoms with E-state index in [1.54, 1.807) is 12.4 Å². The van der Waals surface area contributed by atoms with E-state index in [1.165, 1.54) is 0 Å². The molecule has 0 saturated carbocycles. The predicted octanol–water partition coefficient (Wildman–Crippen LogP) is 2.68. The lowest BCUT2D eigenvalue weighted by Crippen LogP contribution is -2.13. The van der Waals surface area contributed by atoms with E-state index in [2.05, 4.69) is 15.3 Å². The molecule has 0 spiro atoms. The number of nitrogens with one attached hydrogen (secondary N) is 1. The van der Waals surface area contributed by atoms with Crippen molar-refractivity contribution in [3.05, 3.63) is 47.2 Å². The summed E-state index contributed by atoms with van der Waals surface area (Å²) in [6, 6.07) is 8.04. The molecule has 0 amide bonds. The third kappa shape index (κ3) is 2.03. The molecule has 17 heavy (non-hydrogen) atoms. The van der Waals surface area contributed by atoms with E-state index in [0.29, 0.717) is 17.6 Å². The van der Waals surface area contributed by atoms with Gasteiger partial charge < -0.3 is 10.1 Å². The van der Waals surface area contributed by atoms with Crippen LogP contribution in [0.4, 0.5) is 5.95 Å². The van der Waals surface area contributed by atoms with Crippen molar-refractivity contribution in [1.29, 1.82) is 0 Å². The Balaban J connectivity index is 1.81. The van der Waals surface area contributed by atoms with Crippen molar-refractivity contribution in [3.8, 4) is 5.75 Å². The smallest absolute Gasteiger partial charge is 0.223 e. The van der Waals surface area contributed by atoms with Gasteiger partial charge in [-0.15, -0.1) is 0 Å². The maximum Gasteiger partial charge on any atom is 0.223 e. The molecule has 0 aliphatic carbocycles. The minimum atomic E-state index is 0.0902. The Bertz CT molecular complexity index is 530. The molecule has 1 aliphatic heterocycles. The number of hydrogen-bond acceptors (Lipinski definition) is 4. The van der Waals surface area contributed by atoms with E-state index in [1.807, 2.05) is 24.3 Å². The van der Waals surface area contributed by atoms with Gasteiger partial charge in [-0.2, -0.15) is 0 Å². The second kappa shape index (κ2) is 4.22. The number of fused-ring (bicyclic) bond motifs is 1.